The van der Waals surface area contributed by atoms with Gasteiger partial charge in [0.2, 0.25) is 0 Å². The fraction of sp³-hybridized carbons (Fsp3) is 0.524. The summed E-state index contributed by atoms with van der Waals surface area (Å²) in [4.78, 5) is 70.9. The summed E-state index contributed by atoms with van der Waals surface area (Å²) in [6.45, 7) is 26.0. The van der Waals surface area contributed by atoms with Gasteiger partial charge < -0.3 is 48.5 Å². The van der Waals surface area contributed by atoms with Crippen molar-refractivity contribution in [2.75, 3.05) is 66.1 Å². The first-order valence-electron chi connectivity index (χ1n) is 19.6. The molecule has 0 bridgehead atoms. The van der Waals surface area contributed by atoms with Crippen molar-refractivity contribution in [3.63, 3.8) is 0 Å². The lowest BCUT2D eigenvalue weighted by Crippen LogP contribution is -2.53. The van der Waals surface area contributed by atoms with E-state index in [0.29, 0.717) is 13.2 Å². The van der Waals surface area contributed by atoms with Crippen LogP contribution in [0.1, 0.15) is 26.7 Å². The molecule has 0 saturated heterocycles. The highest BCUT2D eigenvalue weighted by atomic mass is 28.3. The standard InChI is InChI=1S/C42H64N2O14Si2/c1-11-35(45)55-29-41(5,30-56-36(46)12-2)43-39(49)53-25-23-51-21-15-27-59(7,8)33-17-19-34(20-18-33)60(9,10)28-16-22-52-24-26-54-40(50)44-42(6,31-57-37(47)13-3)32-58-38(48)14-4/h11-14,17-20H,1-4,15-16,21-32H2,5-10H3,(H,43,49)(H,44,50). The topological polar surface area (TPSA) is 200 Å². The van der Waals surface area contributed by atoms with Crippen molar-refractivity contribution in [3.05, 3.63) is 74.9 Å². The van der Waals surface area contributed by atoms with Gasteiger partial charge in [-0.15, -0.1) is 0 Å². The van der Waals surface area contributed by atoms with Crippen LogP contribution in [-0.4, -0.2) is 129 Å². The Hall–Kier alpha value is -5.05. The molecule has 0 unspecified atom stereocenters. The molecule has 0 radical (unpaired) electrons. The number of esters is 4. The molecule has 2 N–H and O–H groups in total. The molecule has 334 valence electrons. The fourth-order valence-electron chi connectivity index (χ4n) is 5.43. The average molecular weight is 877 g/mol. The van der Waals surface area contributed by atoms with Gasteiger partial charge in [-0.05, 0) is 26.7 Å². The first-order valence-corrected chi connectivity index (χ1v) is 26.0. The second-order valence-corrected chi connectivity index (χ2v) is 25.4. The van der Waals surface area contributed by atoms with Crippen molar-refractivity contribution in [1.29, 1.82) is 0 Å². The van der Waals surface area contributed by atoms with E-state index in [1.165, 1.54) is 24.2 Å². The third-order valence-electron chi connectivity index (χ3n) is 9.16. The number of rotatable bonds is 30. The van der Waals surface area contributed by atoms with Crippen molar-refractivity contribution in [3.8, 4) is 0 Å². The highest BCUT2D eigenvalue weighted by Gasteiger charge is 2.32. The molecule has 0 aliphatic carbocycles. The van der Waals surface area contributed by atoms with Crippen molar-refractivity contribution >= 4 is 62.6 Å². The number of carbonyl (C=O) groups is 6. The molecule has 2 amide bonds. The molecular weight excluding hydrogens is 813 g/mol. The largest absolute Gasteiger partial charge is 0.460 e. The number of benzene rings is 1. The number of ether oxygens (including phenoxy) is 8. The summed E-state index contributed by atoms with van der Waals surface area (Å²) in [5, 5.41) is 7.86. The minimum absolute atomic E-state index is 0.0000142. The molecule has 0 fully saturated rings. The Morgan fingerprint density at radius 1 is 0.500 bits per heavy atom. The van der Waals surface area contributed by atoms with E-state index in [9.17, 15) is 28.8 Å². The lowest BCUT2D eigenvalue weighted by molar-refractivity contribution is -0.146. The van der Waals surface area contributed by atoms with Gasteiger partial charge in [0.25, 0.3) is 0 Å². The number of amides is 2. The maximum atomic E-state index is 12.4. The molecule has 0 atom stereocenters. The Labute approximate surface area is 356 Å². The normalized spacial score (nSPS) is 11.6. The maximum absolute atomic E-state index is 12.4. The van der Waals surface area contributed by atoms with Gasteiger partial charge in [-0.2, -0.15) is 0 Å². The van der Waals surface area contributed by atoms with E-state index in [2.05, 4.69) is 87.4 Å². The maximum Gasteiger partial charge on any atom is 0.407 e. The van der Waals surface area contributed by atoms with E-state index < -0.39 is 63.3 Å². The van der Waals surface area contributed by atoms with E-state index in [-0.39, 0.29) is 52.9 Å². The second-order valence-electron chi connectivity index (χ2n) is 15.7. The quantitative estimate of drug-likeness (QED) is 0.0366. The zero-order valence-corrected chi connectivity index (χ0v) is 38.1. The van der Waals surface area contributed by atoms with Crippen LogP contribution in [0.5, 0.6) is 0 Å². The lowest BCUT2D eigenvalue weighted by Gasteiger charge is -2.29. The molecule has 18 heteroatoms. The number of hydrogen-bond donors (Lipinski definition) is 2. The highest BCUT2D eigenvalue weighted by molar-refractivity contribution is 6.91. The van der Waals surface area contributed by atoms with E-state index >= 15 is 0 Å². The van der Waals surface area contributed by atoms with Crippen LogP contribution in [0.4, 0.5) is 9.59 Å². The van der Waals surface area contributed by atoms with Crippen LogP contribution in [0.25, 0.3) is 0 Å². The number of carbonyl (C=O) groups excluding carboxylic acids is 6. The minimum atomic E-state index is -1.75. The lowest BCUT2D eigenvalue weighted by atomic mass is 10.1. The molecule has 0 aliphatic heterocycles. The van der Waals surface area contributed by atoms with Crippen LogP contribution in [0.15, 0.2) is 74.9 Å². The van der Waals surface area contributed by atoms with Gasteiger partial charge in [-0.3, -0.25) is 0 Å². The molecule has 1 rings (SSSR count). The summed E-state index contributed by atoms with van der Waals surface area (Å²) >= 11 is 0. The van der Waals surface area contributed by atoms with Crippen molar-refractivity contribution in [2.45, 2.75) is 76.0 Å². The highest BCUT2D eigenvalue weighted by Crippen LogP contribution is 2.16. The number of hydrogen-bond acceptors (Lipinski definition) is 14. The predicted octanol–water partition coefficient (Wildman–Crippen LogP) is 4.22. The smallest absolute Gasteiger partial charge is 0.407 e. The molecule has 0 spiro atoms. The first-order chi connectivity index (χ1) is 28.2. The van der Waals surface area contributed by atoms with Crippen LogP contribution >= 0.6 is 0 Å². The van der Waals surface area contributed by atoms with E-state index in [4.69, 9.17) is 37.9 Å². The second kappa shape index (κ2) is 26.9. The predicted molar refractivity (Wildman–Crippen MR) is 232 cm³/mol. The summed E-state index contributed by atoms with van der Waals surface area (Å²) in [5.74, 6) is -2.78. The molecule has 0 heterocycles. The molecular formula is C42H64N2O14Si2. The number of alkyl carbamates (subject to hydrolysis) is 2. The van der Waals surface area contributed by atoms with E-state index in [0.717, 1.165) is 49.2 Å². The number of nitrogens with one attached hydrogen (secondary N) is 2. The Kier molecular flexibility index (Phi) is 23.8. The summed E-state index contributed by atoms with van der Waals surface area (Å²) < 4.78 is 42.0. The molecule has 0 aliphatic rings. The van der Waals surface area contributed by atoms with Gasteiger partial charge in [0.15, 0.2) is 0 Å². The van der Waals surface area contributed by atoms with Crippen LogP contribution in [0.3, 0.4) is 0 Å². The van der Waals surface area contributed by atoms with Crippen LogP contribution in [0, 0.1) is 0 Å². The zero-order chi connectivity index (χ0) is 45.2. The molecule has 16 nitrogen and oxygen atoms in total. The summed E-state index contributed by atoms with van der Waals surface area (Å²) in [7, 11) is -3.50. The molecule has 1 aromatic rings. The fourth-order valence-corrected chi connectivity index (χ4v) is 10.2. The minimum Gasteiger partial charge on any atom is -0.460 e. The van der Waals surface area contributed by atoms with Gasteiger partial charge in [0, 0.05) is 37.5 Å². The van der Waals surface area contributed by atoms with Gasteiger partial charge in [-0.25, -0.2) is 28.8 Å². The average Bonchev–Trinajstić information content (AvgIpc) is 3.22. The van der Waals surface area contributed by atoms with Crippen molar-refractivity contribution in [2.24, 2.45) is 0 Å². The van der Waals surface area contributed by atoms with Crippen LogP contribution in [-0.2, 0) is 57.1 Å². The Bertz CT molecular complexity index is 1450. The van der Waals surface area contributed by atoms with Crippen molar-refractivity contribution in [1.82, 2.24) is 10.6 Å². The molecule has 1 aromatic carbocycles. The van der Waals surface area contributed by atoms with Gasteiger partial charge in [0.05, 0.1) is 29.4 Å². The van der Waals surface area contributed by atoms with Gasteiger partial charge in [-0.1, -0.05) is 99.2 Å². The van der Waals surface area contributed by atoms with Crippen LogP contribution in [0.2, 0.25) is 38.3 Å². The van der Waals surface area contributed by atoms with E-state index in [1.54, 1.807) is 0 Å². The first kappa shape index (κ1) is 53.0. The molecule has 60 heavy (non-hydrogen) atoms. The Morgan fingerprint density at radius 3 is 1.05 bits per heavy atom. The van der Waals surface area contributed by atoms with Crippen LogP contribution < -0.4 is 21.0 Å². The third kappa shape index (κ3) is 21.8. The zero-order valence-electron chi connectivity index (χ0n) is 36.1. The van der Waals surface area contributed by atoms with Gasteiger partial charge in [0.1, 0.15) is 50.7 Å². The van der Waals surface area contributed by atoms with Crippen molar-refractivity contribution < 1.29 is 66.7 Å². The SMILES string of the molecule is C=CC(=O)OCC(C)(COC(=O)C=C)NC(=O)OCCOCCC[Si](C)(C)c1ccc([Si](C)(C)CCCOCCOC(=O)NC(C)(COC(=O)C=C)COC(=O)C=C)cc1. The molecule has 0 saturated carbocycles. The summed E-state index contributed by atoms with van der Waals surface area (Å²) in [6.07, 6.45) is 4.07. The Morgan fingerprint density at radius 2 is 0.783 bits per heavy atom. The Balaban J connectivity index is 2.44. The van der Waals surface area contributed by atoms with Gasteiger partial charge >= 0.3 is 36.1 Å². The summed E-state index contributed by atoms with van der Waals surface area (Å²) in [5.41, 5.74) is -2.49. The summed E-state index contributed by atoms with van der Waals surface area (Å²) in [6, 6.07) is 11.0. The monoisotopic (exact) mass is 876 g/mol. The van der Waals surface area contributed by atoms with E-state index in [1.807, 2.05) is 0 Å². The molecule has 0 aromatic heterocycles. The third-order valence-corrected chi connectivity index (χ3v) is 16.2.